The molecule has 0 N–H and O–H groups in total. The highest BCUT2D eigenvalue weighted by molar-refractivity contribution is 7.08. The highest BCUT2D eigenvalue weighted by Crippen LogP contribution is 2.37. The summed E-state index contributed by atoms with van der Waals surface area (Å²) in [7, 11) is 3.60. The molecule has 1 aromatic heterocycles. The standard InChI is InChI=1S/C23H28N2O3S/c1-24(2)22(27)23(10-11-25(16-23)21(26)20-4-3-12-28-20)14-17-5-7-18(8-6-17)19-9-13-29-15-19/h5-9,13,15,20H,3-4,10-12,14,16H2,1-2H3. The first kappa shape index (κ1) is 20.1. The first-order valence-corrected chi connectivity index (χ1v) is 11.2. The van der Waals surface area contributed by atoms with Gasteiger partial charge in [0, 0.05) is 33.8 Å². The van der Waals surface area contributed by atoms with Gasteiger partial charge >= 0.3 is 0 Å². The molecule has 0 aliphatic carbocycles. The third-order valence-electron chi connectivity index (χ3n) is 6.08. The van der Waals surface area contributed by atoms with Crippen molar-refractivity contribution in [3.8, 4) is 11.1 Å². The van der Waals surface area contributed by atoms with Crippen LogP contribution in [0.5, 0.6) is 0 Å². The number of carbonyl (C=O) groups is 2. The molecule has 2 atom stereocenters. The quantitative estimate of drug-likeness (QED) is 0.756. The van der Waals surface area contributed by atoms with E-state index in [1.54, 1.807) is 30.3 Å². The predicted molar refractivity (Wildman–Crippen MR) is 115 cm³/mol. The Morgan fingerprint density at radius 3 is 2.62 bits per heavy atom. The van der Waals surface area contributed by atoms with Crippen LogP contribution < -0.4 is 0 Å². The van der Waals surface area contributed by atoms with E-state index < -0.39 is 5.41 Å². The van der Waals surface area contributed by atoms with Crippen molar-refractivity contribution < 1.29 is 14.3 Å². The van der Waals surface area contributed by atoms with E-state index in [2.05, 4.69) is 41.1 Å². The van der Waals surface area contributed by atoms with Crippen LogP contribution in [0.3, 0.4) is 0 Å². The van der Waals surface area contributed by atoms with Gasteiger partial charge < -0.3 is 14.5 Å². The molecule has 1 aromatic carbocycles. The van der Waals surface area contributed by atoms with Crippen LogP contribution in [0.15, 0.2) is 41.1 Å². The van der Waals surface area contributed by atoms with Crippen molar-refractivity contribution in [1.82, 2.24) is 9.80 Å². The van der Waals surface area contributed by atoms with Crippen molar-refractivity contribution in [2.45, 2.75) is 31.8 Å². The average molecular weight is 413 g/mol. The highest BCUT2D eigenvalue weighted by Gasteiger charge is 2.47. The van der Waals surface area contributed by atoms with Crippen LogP contribution in [0.25, 0.3) is 11.1 Å². The molecular formula is C23H28N2O3S. The van der Waals surface area contributed by atoms with Crippen LogP contribution in [0.2, 0.25) is 0 Å². The fourth-order valence-electron chi connectivity index (χ4n) is 4.54. The van der Waals surface area contributed by atoms with Gasteiger partial charge in [-0.3, -0.25) is 9.59 Å². The summed E-state index contributed by atoms with van der Waals surface area (Å²) < 4.78 is 5.58. The lowest BCUT2D eigenvalue weighted by Gasteiger charge is -2.31. The third kappa shape index (κ3) is 4.09. The zero-order chi connectivity index (χ0) is 20.4. The molecular weight excluding hydrogens is 384 g/mol. The summed E-state index contributed by atoms with van der Waals surface area (Å²) in [5.74, 6) is 0.144. The number of carbonyl (C=O) groups excluding carboxylic acids is 2. The average Bonchev–Trinajstić information content (AvgIpc) is 3.49. The van der Waals surface area contributed by atoms with Gasteiger partial charge in [0.1, 0.15) is 6.10 Å². The molecule has 0 saturated carbocycles. The van der Waals surface area contributed by atoms with E-state index in [9.17, 15) is 9.59 Å². The maximum Gasteiger partial charge on any atom is 0.251 e. The van der Waals surface area contributed by atoms with Crippen molar-refractivity contribution >= 4 is 23.2 Å². The molecule has 0 spiro atoms. The van der Waals surface area contributed by atoms with Crippen LogP contribution in [0.4, 0.5) is 0 Å². The number of ether oxygens (including phenoxy) is 1. The van der Waals surface area contributed by atoms with Gasteiger partial charge in [0.2, 0.25) is 5.91 Å². The van der Waals surface area contributed by atoms with Gasteiger partial charge in [-0.05, 0) is 59.2 Å². The largest absolute Gasteiger partial charge is 0.368 e. The molecule has 5 nitrogen and oxygen atoms in total. The van der Waals surface area contributed by atoms with Crippen LogP contribution in [-0.4, -0.2) is 61.5 Å². The molecule has 0 bridgehead atoms. The number of benzene rings is 1. The Kier molecular flexibility index (Phi) is 5.74. The van der Waals surface area contributed by atoms with Gasteiger partial charge in [-0.15, -0.1) is 0 Å². The van der Waals surface area contributed by atoms with Crippen molar-refractivity contribution in [3.05, 3.63) is 46.7 Å². The Labute approximate surface area is 176 Å². The fourth-order valence-corrected chi connectivity index (χ4v) is 5.20. The van der Waals surface area contributed by atoms with E-state index in [4.69, 9.17) is 4.74 Å². The van der Waals surface area contributed by atoms with Crippen molar-refractivity contribution in [3.63, 3.8) is 0 Å². The molecule has 2 fully saturated rings. The van der Waals surface area contributed by atoms with E-state index in [0.29, 0.717) is 32.5 Å². The van der Waals surface area contributed by atoms with E-state index in [1.165, 1.54) is 11.1 Å². The first-order valence-electron chi connectivity index (χ1n) is 10.2. The first-order chi connectivity index (χ1) is 14.0. The lowest BCUT2D eigenvalue weighted by molar-refractivity contribution is -0.142. The van der Waals surface area contributed by atoms with E-state index in [1.807, 2.05) is 4.90 Å². The number of nitrogens with zero attached hydrogens (tertiary/aromatic N) is 2. The second kappa shape index (κ2) is 8.28. The van der Waals surface area contributed by atoms with Gasteiger partial charge in [0.05, 0.1) is 5.41 Å². The van der Waals surface area contributed by atoms with E-state index in [0.717, 1.165) is 18.4 Å². The minimum atomic E-state index is -0.568. The van der Waals surface area contributed by atoms with Crippen LogP contribution >= 0.6 is 11.3 Å². The summed E-state index contributed by atoms with van der Waals surface area (Å²) in [6.45, 7) is 1.74. The number of amides is 2. The minimum Gasteiger partial charge on any atom is -0.368 e. The van der Waals surface area contributed by atoms with Crippen molar-refractivity contribution in [2.75, 3.05) is 33.8 Å². The molecule has 3 heterocycles. The monoisotopic (exact) mass is 412 g/mol. The molecule has 4 rings (SSSR count). The number of likely N-dealkylation sites (tertiary alicyclic amines) is 1. The maximum atomic E-state index is 13.2. The van der Waals surface area contributed by atoms with Crippen molar-refractivity contribution in [1.29, 1.82) is 0 Å². The molecule has 2 unspecified atom stereocenters. The molecule has 2 aliphatic heterocycles. The summed E-state index contributed by atoms with van der Waals surface area (Å²) >= 11 is 1.69. The van der Waals surface area contributed by atoms with Gasteiger partial charge in [-0.25, -0.2) is 0 Å². The van der Waals surface area contributed by atoms with Crippen LogP contribution in [-0.2, 0) is 20.7 Å². The summed E-state index contributed by atoms with van der Waals surface area (Å²) in [6.07, 6.45) is 2.72. The summed E-state index contributed by atoms with van der Waals surface area (Å²) in [6, 6.07) is 10.6. The molecule has 2 saturated heterocycles. The van der Waals surface area contributed by atoms with E-state index in [-0.39, 0.29) is 17.9 Å². The normalized spacial score (nSPS) is 24.1. The second-order valence-electron chi connectivity index (χ2n) is 8.38. The minimum absolute atomic E-state index is 0.0451. The van der Waals surface area contributed by atoms with Gasteiger partial charge in [-0.2, -0.15) is 11.3 Å². The van der Waals surface area contributed by atoms with Crippen LogP contribution in [0, 0.1) is 5.41 Å². The Bertz CT molecular complexity index is 857. The highest BCUT2D eigenvalue weighted by atomic mass is 32.1. The lowest BCUT2D eigenvalue weighted by Crippen LogP contribution is -2.46. The molecule has 2 aromatic rings. The number of thiophene rings is 1. The number of rotatable bonds is 5. The molecule has 29 heavy (non-hydrogen) atoms. The fraction of sp³-hybridized carbons (Fsp3) is 0.478. The lowest BCUT2D eigenvalue weighted by atomic mass is 9.79. The molecule has 154 valence electrons. The summed E-state index contributed by atoms with van der Waals surface area (Å²) in [5, 5.41) is 4.21. The molecule has 0 radical (unpaired) electrons. The van der Waals surface area contributed by atoms with Gasteiger partial charge in [0.25, 0.3) is 5.91 Å². The Morgan fingerprint density at radius 1 is 1.21 bits per heavy atom. The molecule has 2 aliphatic rings. The Morgan fingerprint density at radius 2 is 2.00 bits per heavy atom. The molecule has 6 heteroatoms. The zero-order valence-corrected chi connectivity index (χ0v) is 17.9. The van der Waals surface area contributed by atoms with E-state index >= 15 is 0 Å². The van der Waals surface area contributed by atoms with Gasteiger partial charge in [0.15, 0.2) is 0 Å². The molecule has 2 amide bonds. The summed E-state index contributed by atoms with van der Waals surface area (Å²) in [4.78, 5) is 29.5. The Balaban J connectivity index is 1.53. The van der Waals surface area contributed by atoms with Gasteiger partial charge in [-0.1, -0.05) is 24.3 Å². The zero-order valence-electron chi connectivity index (χ0n) is 17.1. The van der Waals surface area contributed by atoms with Crippen molar-refractivity contribution in [2.24, 2.45) is 5.41 Å². The maximum absolute atomic E-state index is 13.2. The SMILES string of the molecule is CN(C)C(=O)C1(Cc2ccc(-c3ccsc3)cc2)CCN(C(=O)C2CCCO2)C1. The Hall–Kier alpha value is -2.18. The predicted octanol–water partition coefficient (Wildman–Crippen LogP) is 3.44. The number of hydrogen-bond acceptors (Lipinski definition) is 4. The topological polar surface area (TPSA) is 49.9 Å². The van der Waals surface area contributed by atoms with Crippen LogP contribution in [0.1, 0.15) is 24.8 Å². The third-order valence-corrected chi connectivity index (χ3v) is 6.76. The second-order valence-corrected chi connectivity index (χ2v) is 9.16. The smallest absolute Gasteiger partial charge is 0.251 e. The summed E-state index contributed by atoms with van der Waals surface area (Å²) in [5.41, 5.74) is 2.96. The number of hydrogen-bond donors (Lipinski definition) is 0.